The van der Waals surface area contributed by atoms with Crippen LogP contribution in [-0.2, 0) is 0 Å². The van der Waals surface area contributed by atoms with Crippen LogP contribution in [0.2, 0.25) is 0 Å². The van der Waals surface area contributed by atoms with Crippen molar-refractivity contribution in [2.75, 3.05) is 0 Å². The number of aromatic nitrogens is 2. The maximum Gasteiger partial charge on any atom is 0.131 e. The molecular weight excluding hydrogens is 492 g/mol. The van der Waals surface area contributed by atoms with Gasteiger partial charge >= 0.3 is 0 Å². The Labute approximate surface area is 229 Å². The maximum atomic E-state index is 2.51. The lowest BCUT2D eigenvalue weighted by atomic mass is 9.99. The highest BCUT2D eigenvalue weighted by molar-refractivity contribution is 7.99. The standard InChI is InChI=1S/C36H22N2S/c1-2-11-24(12-3-1)27-14-8-17-30-33(27)34-28-15-9-19-32-35(28)38(29-16-6-7-18-31(29)39-32)36(34)37(30)26-21-20-23-10-4-5-13-25(23)22-26/h1-22H. The molecular formula is C36H22N2S. The van der Waals surface area contributed by atoms with Crippen molar-refractivity contribution in [3.8, 4) is 22.5 Å². The average molecular weight is 515 g/mol. The molecule has 3 heterocycles. The van der Waals surface area contributed by atoms with Gasteiger partial charge in [0.1, 0.15) is 5.65 Å². The van der Waals surface area contributed by atoms with E-state index in [1.165, 1.54) is 75.9 Å². The van der Waals surface area contributed by atoms with E-state index in [4.69, 9.17) is 0 Å². The van der Waals surface area contributed by atoms with Crippen molar-refractivity contribution in [2.24, 2.45) is 0 Å². The monoisotopic (exact) mass is 514 g/mol. The van der Waals surface area contributed by atoms with Crippen LogP contribution in [0.1, 0.15) is 0 Å². The summed E-state index contributed by atoms with van der Waals surface area (Å²) in [4.78, 5) is 2.59. The van der Waals surface area contributed by atoms with Crippen LogP contribution in [0.25, 0.3) is 66.1 Å². The minimum Gasteiger partial charge on any atom is -0.295 e. The molecule has 2 aromatic heterocycles. The van der Waals surface area contributed by atoms with Crippen LogP contribution in [0.5, 0.6) is 0 Å². The third-order valence-electron chi connectivity index (χ3n) is 8.07. The zero-order chi connectivity index (χ0) is 25.5. The third kappa shape index (κ3) is 2.88. The zero-order valence-electron chi connectivity index (χ0n) is 21.0. The van der Waals surface area contributed by atoms with Gasteiger partial charge in [-0.2, -0.15) is 0 Å². The molecule has 0 unspecified atom stereocenters. The summed E-state index contributed by atoms with van der Waals surface area (Å²) in [5.41, 5.74) is 8.67. The topological polar surface area (TPSA) is 9.86 Å². The van der Waals surface area contributed by atoms with Crippen molar-refractivity contribution in [1.29, 1.82) is 0 Å². The molecule has 0 radical (unpaired) electrons. The average Bonchev–Trinajstić information content (AvgIpc) is 3.52. The Bertz CT molecular complexity index is 2250. The molecule has 1 aliphatic heterocycles. The molecule has 0 N–H and O–H groups in total. The third-order valence-corrected chi connectivity index (χ3v) is 9.19. The molecule has 0 fully saturated rings. The number of nitrogens with zero attached hydrogens (tertiary/aromatic N) is 2. The van der Waals surface area contributed by atoms with E-state index in [1.807, 2.05) is 11.8 Å². The van der Waals surface area contributed by atoms with Crippen LogP contribution >= 0.6 is 11.8 Å². The van der Waals surface area contributed by atoms with Gasteiger partial charge in [-0.25, -0.2) is 0 Å². The van der Waals surface area contributed by atoms with Gasteiger partial charge in [0, 0.05) is 31.6 Å². The molecule has 9 rings (SSSR count). The molecule has 3 heteroatoms. The number of hydrogen-bond donors (Lipinski definition) is 0. The predicted octanol–water partition coefficient (Wildman–Crippen LogP) is 10.0. The second-order valence-electron chi connectivity index (χ2n) is 10.2. The zero-order valence-corrected chi connectivity index (χ0v) is 21.8. The van der Waals surface area contributed by atoms with Crippen LogP contribution in [-0.4, -0.2) is 9.13 Å². The number of benzene rings is 6. The Morgan fingerprint density at radius 3 is 2.21 bits per heavy atom. The summed E-state index contributed by atoms with van der Waals surface area (Å²) >= 11 is 1.87. The minimum atomic E-state index is 1.18. The lowest BCUT2D eigenvalue weighted by Crippen LogP contribution is -2.05. The summed E-state index contributed by atoms with van der Waals surface area (Å²) in [7, 11) is 0. The number of para-hydroxylation sites is 2. The first-order valence-electron chi connectivity index (χ1n) is 13.3. The number of rotatable bonds is 2. The summed E-state index contributed by atoms with van der Waals surface area (Å²) in [5, 5.41) is 6.42. The Balaban J connectivity index is 1.55. The van der Waals surface area contributed by atoms with E-state index < -0.39 is 0 Å². The number of hydrogen-bond acceptors (Lipinski definition) is 1. The van der Waals surface area contributed by atoms with Crippen LogP contribution in [0.4, 0.5) is 0 Å². The molecule has 8 aromatic rings. The van der Waals surface area contributed by atoms with Gasteiger partial charge in [0.05, 0.1) is 16.7 Å². The number of fused-ring (bicyclic) bond motifs is 8. The van der Waals surface area contributed by atoms with Gasteiger partial charge in [-0.1, -0.05) is 109 Å². The lowest BCUT2D eigenvalue weighted by molar-refractivity contribution is 1.03. The maximum absolute atomic E-state index is 2.51. The highest BCUT2D eigenvalue weighted by Crippen LogP contribution is 2.50. The van der Waals surface area contributed by atoms with Gasteiger partial charge in [0.2, 0.25) is 0 Å². The highest BCUT2D eigenvalue weighted by atomic mass is 32.2. The van der Waals surface area contributed by atoms with E-state index in [0.29, 0.717) is 0 Å². The smallest absolute Gasteiger partial charge is 0.131 e. The van der Waals surface area contributed by atoms with Crippen molar-refractivity contribution >= 4 is 55.4 Å². The minimum absolute atomic E-state index is 1.18. The summed E-state index contributed by atoms with van der Waals surface area (Å²) in [5.74, 6) is 0. The van der Waals surface area contributed by atoms with Gasteiger partial charge in [0.15, 0.2) is 0 Å². The van der Waals surface area contributed by atoms with E-state index in [-0.39, 0.29) is 0 Å². The van der Waals surface area contributed by atoms with Gasteiger partial charge in [-0.15, -0.1) is 0 Å². The Morgan fingerprint density at radius 1 is 0.513 bits per heavy atom. The molecule has 0 bridgehead atoms. The van der Waals surface area contributed by atoms with Crippen molar-refractivity contribution < 1.29 is 0 Å². The molecule has 0 amide bonds. The second kappa shape index (κ2) is 7.89. The predicted molar refractivity (Wildman–Crippen MR) is 165 cm³/mol. The van der Waals surface area contributed by atoms with E-state index in [9.17, 15) is 0 Å². The Morgan fingerprint density at radius 2 is 1.28 bits per heavy atom. The summed E-state index contributed by atoms with van der Waals surface area (Å²) in [6.45, 7) is 0. The Kier molecular flexibility index (Phi) is 4.29. The fraction of sp³-hybridized carbons (Fsp3) is 0. The largest absolute Gasteiger partial charge is 0.295 e. The normalized spacial score (nSPS) is 12.5. The molecule has 2 nitrogen and oxygen atoms in total. The van der Waals surface area contributed by atoms with E-state index in [1.54, 1.807) is 0 Å². The highest BCUT2D eigenvalue weighted by Gasteiger charge is 2.28. The summed E-state index contributed by atoms with van der Waals surface area (Å²) in [6.07, 6.45) is 0. The second-order valence-corrected chi connectivity index (χ2v) is 11.3. The molecule has 6 aromatic carbocycles. The van der Waals surface area contributed by atoms with Crippen molar-refractivity contribution in [3.63, 3.8) is 0 Å². The Hall–Kier alpha value is -4.73. The fourth-order valence-corrected chi connectivity index (χ4v) is 7.55. The van der Waals surface area contributed by atoms with Crippen molar-refractivity contribution in [1.82, 2.24) is 9.13 Å². The van der Waals surface area contributed by atoms with Gasteiger partial charge in [0.25, 0.3) is 0 Å². The SMILES string of the molecule is c1ccc(-c2cccc3c2c2c4cccc5c4n(c2n3-c2ccc3ccccc3c2)-c2ccccc2S5)cc1. The van der Waals surface area contributed by atoms with Gasteiger partial charge < -0.3 is 0 Å². The first kappa shape index (κ1) is 21.2. The first-order chi connectivity index (χ1) is 19.4. The molecule has 0 spiro atoms. The quantitative estimate of drug-likeness (QED) is 0.223. The molecule has 1 aliphatic rings. The molecule has 39 heavy (non-hydrogen) atoms. The van der Waals surface area contributed by atoms with E-state index in [2.05, 4.69) is 143 Å². The van der Waals surface area contributed by atoms with E-state index >= 15 is 0 Å². The van der Waals surface area contributed by atoms with Crippen LogP contribution < -0.4 is 0 Å². The van der Waals surface area contributed by atoms with Crippen LogP contribution in [0.3, 0.4) is 0 Å². The fourth-order valence-electron chi connectivity index (χ4n) is 6.45. The lowest BCUT2D eigenvalue weighted by Gasteiger charge is -2.21. The first-order valence-corrected chi connectivity index (χ1v) is 14.1. The van der Waals surface area contributed by atoms with Crippen molar-refractivity contribution in [3.05, 3.63) is 133 Å². The van der Waals surface area contributed by atoms with Gasteiger partial charge in [-0.05, 0) is 58.3 Å². The molecule has 0 saturated heterocycles. The molecule has 0 saturated carbocycles. The van der Waals surface area contributed by atoms with Gasteiger partial charge in [-0.3, -0.25) is 9.13 Å². The van der Waals surface area contributed by atoms with Crippen molar-refractivity contribution in [2.45, 2.75) is 9.79 Å². The molecule has 0 aliphatic carbocycles. The van der Waals surface area contributed by atoms with Crippen LogP contribution in [0, 0.1) is 0 Å². The molecule has 182 valence electrons. The summed E-state index contributed by atoms with van der Waals surface area (Å²) < 4.78 is 5.00. The summed E-state index contributed by atoms with van der Waals surface area (Å²) in [6, 6.07) is 48.6. The molecule has 0 atom stereocenters. The van der Waals surface area contributed by atoms with Crippen LogP contribution in [0.15, 0.2) is 143 Å². The van der Waals surface area contributed by atoms with E-state index in [0.717, 1.165) is 0 Å².